The lowest BCUT2D eigenvalue weighted by atomic mass is 9.92. The van der Waals surface area contributed by atoms with E-state index in [-0.39, 0.29) is 6.04 Å². The van der Waals surface area contributed by atoms with Gasteiger partial charge in [-0.15, -0.1) is 0 Å². The van der Waals surface area contributed by atoms with Gasteiger partial charge in [0.25, 0.3) is 0 Å². The highest BCUT2D eigenvalue weighted by molar-refractivity contribution is 4.75. The van der Waals surface area contributed by atoms with Crippen molar-refractivity contribution in [2.24, 2.45) is 11.7 Å². The average molecular weight is 215 g/mol. The molecule has 1 saturated heterocycles. The van der Waals surface area contributed by atoms with E-state index in [4.69, 9.17) is 15.2 Å². The van der Waals surface area contributed by atoms with Gasteiger partial charge < -0.3 is 15.2 Å². The van der Waals surface area contributed by atoms with Crippen LogP contribution in [0.4, 0.5) is 0 Å². The summed E-state index contributed by atoms with van der Waals surface area (Å²) in [6.07, 6.45) is 6.15. The third-order valence-corrected chi connectivity index (χ3v) is 3.32. The maximum absolute atomic E-state index is 6.15. The van der Waals surface area contributed by atoms with Crippen LogP contribution < -0.4 is 5.73 Å². The summed E-state index contributed by atoms with van der Waals surface area (Å²) >= 11 is 0. The predicted octanol–water partition coefficient (Wildman–Crippen LogP) is 1.95. The van der Waals surface area contributed by atoms with Crippen LogP contribution in [0.15, 0.2) is 0 Å². The zero-order valence-electron chi connectivity index (χ0n) is 10.1. The minimum Gasteiger partial charge on any atom is -0.385 e. The molecule has 0 radical (unpaired) electrons. The molecule has 1 aliphatic rings. The summed E-state index contributed by atoms with van der Waals surface area (Å²) < 4.78 is 10.8. The smallest absolute Gasteiger partial charge is 0.0590 e. The summed E-state index contributed by atoms with van der Waals surface area (Å²) in [5, 5.41) is 0. The Morgan fingerprint density at radius 2 is 2.27 bits per heavy atom. The summed E-state index contributed by atoms with van der Waals surface area (Å²) in [5.41, 5.74) is 6.15. The Bertz CT molecular complexity index is 158. The highest BCUT2D eigenvalue weighted by atomic mass is 16.5. The molecular weight excluding hydrogens is 190 g/mol. The van der Waals surface area contributed by atoms with Crippen molar-refractivity contribution in [1.82, 2.24) is 0 Å². The molecule has 2 N–H and O–H groups in total. The fourth-order valence-electron chi connectivity index (χ4n) is 2.05. The molecule has 15 heavy (non-hydrogen) atoms. The van der Waals surface area contributed by atoms with Crippen molar-refractivity contribution in [3.8, 4) is 0 Å². The van der Waals surface area contributed by atoms with E-state index >= 15 is 0 Å². The Kier molecular flexibility index (Phi) is 6.22. The van der Waals surface area contributed by atoms with E-state index in [2.05, 4.69) is 6.92 Å². The zero-order chi connectivity index (χ0) is 11.1. The Balaban J connectivity index is 2.17. The highest BCUT2D eigenvalue weighted by Gasteiger charge is 2.20. The first-order valence-corrected chi connectivity index (χ1v) is 6.10. The molecule has 3 nitrogen and oxygen atoms in total. The van der Waals surface area contributed by atoms with Gasteiger partial charge in [-0.1, -0.05) is 6.92 Å². The van der Waals surface area contributed by atoms with Gasteiger partial charge in [0, 0.05) is 26.4 Å². The molecule has 0 spiro atoms. The zero-order valence-corrected chi connectivity index (χ0v) is 10.1. The molecule has 1 heterocycles. The number of hydrogen-bond donors (Lipinski definition) is 1. The van der Waals surface area contributed by atoms with Gasteiger partial charge in [0.1, 0.15) is 0 Å². The molecule has 0 aliphatic carbocycles. The van der Waals surface area contributed by atoms with Crippen LogP contribution in [0.5, 0.6) is 0 Å². The lowest BCUT2D eigenvalue weighted by molar-refractivity contribution is 0.00361. The van der Waals surface area contributed by atoms with Crippen LogP contribution >= 0.6 is 0 Å². The molecule has 1 aliphatic heterocycles. The predicted molar refractivity (Wildman–Crippen MR) is 61.8 cm³/mol. The summed E-state index contributed by atoms with van der Waals surface area (Å²) in [7, 11) is 1.74. The average Bonchev–Trinajstić information content (AvgIpc) is 2.27. The topological polar surface area (TPSA) is 44.5 Å². The lowest BCUT2D eigenvalue weighted by Gasteiger charge is -2.28. The van der Waals surface area contributed by atoms with Crippen molar-refractivity contribution < 1.29 is 9.47 Å². The molecule has 0 aromatic heterocycles. The first kappa shape index (κ1) is 12.9. The van der Waals surface area contributed by atoms with Crippen LogP contribution in [-0.4, -0.2) is 32.5 Å². The second kappa shape index (κ2) is 7.20. The maximum Gasteiger partial charge on any atom is 0.0590 e. The van der Waals surface area contributed by atoms with Crippen molar-refractivity contribution >= 4 is 0 Å². The van der Waals surface area contributed by atoms with Crippen LogP contribution in [0.2, 0.25) is 0 Å². The Labute approximate surface area is 93.3 Å². The molecule has 3 atom stereocenters. The van der Waals surface area contributed by atoms with E-state index < -0.39 is 0 Å². The van der Waals surface area contributed by atoms with Gasteiger partial charge in [-0.25, -0.2) is 0 Å². The molecule has 90 valence electrons. The molecule has 0 aromatic carbocycles. The van der Waals surface area contributed by atoms with Crippen LogP contribution in [0.25, 0.3) is 0 Å². The summed E-state index contributed by atoms with van der Waals surface area (Å²) in [4.78, 5) is 0. The van der Waals surface area contributed by atoms with E-state index in [1.54, 1.807) is 7.11 Å². The second-order valence-corrected chi connectivity index (χ2v) is 4.65. The van der Waals surface area contributed by atoms with Gasteiger partial charge in [0.2, 0.25) is 0 Å². The van der Waals surface area contributed by atoms with Crippen molar-refractivity contribution in [2.45, 2.75) is 51.2 Å². The summed E-state index contributed by atoms with van der Waals surface area (Å²) in [6.45, 7) is 3.93. The Hall–Kier alpha value is -0.120. The molecule has 1 fully saturated rings. The van der Waals surface area contributed by atoms with Crippen LogP contribution in [0, 0.1) is 5.92 Å². The standard InChI is InChI=1S/C12H25NO2/c1-10(6-8-14-2)12(13)9-11-5-3-4-7-15-11/h10-12H,3-9,13H2,1-2H3. The summed E-state index contributed by atoms with van der Waals surface area (Å²) in [5.74, 6) is 0.524. The quantitative estimate of drug-likeness (QED) is 0.736. The van der Waals surface area contributed by atoms with Gasteiger partial charge in [-0.2, -0.15) is 0 Å². The third-order valence-electron chi connectivity index (χ3n) is 3.32. The first-order valence-electron chi connectivity index (χ1n) is 6.10. The molecule has 0 saturated carbocycles. The largest absolute Gasteiger partial charge is 0.385 e. The van der Waals surface area contributed by atoms with E-state index in [0.717, 1.165) is 26.1 Å². The van der Waals surface area contributed by atoms with Crippen molar-refractivity contribution in [2.75, 3.05) is 20.3 Å². The van der Waals surface area contributed by atoms with Crippen LogP contribution in [0.3, 0.4) is 0 Å². The van der Waals surface area contributed by atoms with Crippen molar-refractivity contribution in [3.05, 3.63) is 0 Å². The fourth-order valence-corrected chi connectivity index (χ4v) is 2.05. The summed E-state index contributed by atoms with van der Waals surface area (Å²) in [6, 6.07) is 0.253. The van der Waals surface area contributed by atoms with Gasteiger partial charge in [0.15, 0.2) is 0 Å². The number of nitrogens with two attached hydrogens (primary N) is 1. The van der Waals surface area contributed by atoms with E-state index in [0.29, 0.717) is 12.0 Å². The molecule has 3 unspecified atom stereocenters. The fraction of sp³-hybridized carbons (Fsp3) is 1.00. The second-order valence-electron chi connectivity index (χ2n) is 4.65. The molecular formula is C12H25NO2. The molecule has 0 aromatic rings. The van der Waals surface area contributed by atoms with Crippen LogP contribution in [-0.2, 0) is 9.47 Å². The SMILES string of the molecule is COCCC(C)C(N)CC1CCCCO1. The number of hydrogen-bond acceptors (Lipinski definition) is 3. The highest BCUT2D eigenvalue weighted by Crippen LogP contribution is 2.20. The lowest BCUT2D eigenvalue weighted by Crippen LogP contribution is -2.35. The van der Waals surface area contributed by atoms with Gasteiger partial charge in [0.05, 0.1) is 6.10 Å². The van der Waals surface area contributed by atoms with Gasteiger partial charge in [-0.3, -0.25) is 0 Å². The van der Waals surface area contributed by atoms with Crippen LogP contribution in [0.1, 0.15) is 39.0 Å². The molecule has 3 heteroatoms. The number of methoxy groups -OCH3 is 1. The number of ether oxygens (including phenoxy) is 2. The third kappa shape index (κ3) is 4.96. The van der Waals surface area contributed by atoms with Gasteiger partial charge in [-0.05, 0) is 38.0 Å². The molecule has 0 bridgehead atoms. The maximum atomic E-state index is 6.15. The molecule has 0 amide bonds. The number of rotatable bonds is 6. The van der Waals surface area contributed by atoms with E-state index in [1.165, 1.54) is 19.3 Å². The minimum atomic E-state index is 0.253. The normalized spacial score (nSPS) is 26.2. The minimum absolute atomic E-state index is 0.253. The van der Waals surface area contributed by atoms with Crippen molar-refractivity contribution in [1.29, 1.82) is 0 Å². The Morgan fingerprint density at radius 3 is 2.87 bits per heavy atom. The Morgan fingerprint density at radius 1 is 1.47 bits per heavy atom. The van der Waals surface area contributed by atoms with E-state index in [9.17, 15) is 0 Å². The van der Waals surface area contributed by atoms with Crippen molar-refractivity contribution in [3.63, 3.8) is 0 Å². The van der Waals surface area contributed by atoms with E-state index in [1.807, 2.05) is 0 Å². The molecule has 1 rings (SSSR count). The first-order chi connectivity index (χ1) is 7.24. The van der Waals surface area contributed by atoms with Gasteiger partial charge >= 0.3 is 0 Å². The monoisotopic (exact) mass is 215 g/mol.